The maximum atomic E-state index is 11.9. The third-order valence-electron chi connectivity index (χ3n) is 7.49. The Labute approximate surface area is 232 Å². The number of aliphatic hydroxyl groups is 1. The second-order valence-electron chi connectivity index (χ2n) is 10.7. The summed E-state index contributed by atoms with van der Waals surface area (Å²) in [5.41, 5.74) is 4.24. The summed E-state index contributed by atoms with van der Waals surface area (Å²) in [6, 6.07) is 10.1. The van der Waals surface area contributed by atoms with Crippen LogP contribution in [0.3, 0.4) is 0 Å². The highest BCUT2D eigenvalue weighted by atomic mass is 35.5. The summed E-state index contributed by atoms with van der Waals surface area (Å²) in [6.45, 7) is 6.07. The molecule has 10 nitrogen and oxygen atoms in total. The monoisotopic (exact) mass is 556 g/mol. The van der Waals surface area contributed by atoms with E-state index in [-0.39, 0.29) is 43.2 Å². The molecule has 11 heteroatoms. The fourth-order valence-electron chi connectivity index (χ4n) is 5.53. The smallest absolute Gasteiger partial charge is 0.407 e. The van der Waals surface area contributed by atoms with Gasteiger partial charge in [0, 0.05) is 43.2 Å². The number of fused-ring (bicyclic) bond motifs is 2. The normalized spacial score (nSPS) is 26.4. The number of alkyl carbamates (subject to hydrolysis) is 1. The zero-order valence-corrected chi connectivity index (χ0v) is 22.8. The molecular weight excluding hydrogens is 524 g/mol. The van der Waals surface area contributed by atoms with Crippen molar-refractivity contribution in [2.24, 2.45) is 4.99 Å². The van der Waals surface area contributed by atoms with E-state index in [2.05, 4.69) is 27.3 Å². The van der Waals surface area contributed by atoms with Gasteiger partial charge in [-0.1, -0.05) is 23.7 Å². The van der Waals surface area contributed by atoms with Crippen molar-refractivity contribution < 1.29 is 28.8 Å². The van der Waals surface area contributed by atoms with Gasteiger partial charge in [0.15, 0.2) is 12.0 Å². The van der Waals surface area contributed by atoms with E-state index < -0.39 is 6.10 Å². The second kappa shape index (κ2) is 10.9. The minimum absolute atomic E-state index is 0.0605. The molecule has 0 saturated carbocycles. The number of hydrogen-bond acceptors (Lipinski definition) is 9. The van der Waals surface area contributed by atoms with E-state index in [1.165, 1.54) is 0 Å². The summed E-state index contributed by atoms with van der Waals surface area (Å²) < 4.78 is 22.9. The molecule has 1 amide bonds. The van der Waals surface area contributed by atoms with Crippen LogP contribution in [0.1, 0.15) is 32.4 Å². The number of amides is 1. The number of anilines is 1. The van der Waals surface area contributed by atoms with Crippen molar-refractivity contribution in [3.8, 4) is 11.3 Å². The van der Waals surface area contributed by atoms with Gasteiger partial charge in [0.1, 0.15) is 24.4 Å². The highest BCUT2D eigenvalue weighted by Crippen LogP contribution is 2.37. The number of piperidine rings is 1. The van der Waals surface area contributed by atoms with Gasteiger partial charge in [-0.25, -0.2) is 14.8 Å². The first-order valence-corrected chi connectivity index (χ1v) is 13.9. The number of benzene rings is 1. The molecule has 4 aliphatic rings. The standard InChI is InChI=1S/C28H33ClN4O6/c1-15(2)30-28(35)38-18-7-9-33(10-8-18)17-5-3-16(4-6-17)25-19(29)11-20-21(32-25)12-24(31-20)39-23-14-37-26-22(34)13-36-27(23)26/h3-6,11,15,18,22-23,26-27,34H,7-10,12-14H2,1-2H3,(H,30,35)/t22-,23-,26-,27-/m1/s1. The van der Waals surface area contributed by atoms with Gasteiger partial charge in [-0.3, -0.25) is 0 Å². The van der Waals surface area contributed by atoms with Crippen molar-refractivity contribution in [1.82, 2.24) is 10.3 Å². The van der Waals surface area contributed by atoms with Gasteiger partial charge in [-0.2, -0.15) is 0 Å². The Morgan fingerprint density at radius 1 is 1.15 bits per heavy atom. The molecule has 0 bridgehead atoms. The molecule has 4 aliphatic heterocycles. The number of rotatable bonds is 5. The summed E-state index contributed by atoms with van der Waals surface area (Å²) in [5, 5.41) is 13.3. The lowest BCUT2D eigenvalue weighted by Crippen LogP contribution is -2.40. The average Bonchev–Trinajstić information content (AvgIpc) is 3.60. The van der Waals surface area contributed by atoms with Crippen molar-refractivity contribution in [2.45, 2.75) is 69.7 Å². The molecule has 2 aromatic rings. The fraction of sp³-hybridized carbons (Fsp3) is 0.536. The van der Waals surface area contributed by atoms with Gasteiger partial charge in [0.25, 0.3) is 0 Å². The van der Waals surface area contributed by atoms with Gasteiger partial charge < -0.3 is 34.3 Å². The molecule has 0 radical (unpaired) electrons. The molecule has 1 aromatic heterocycles. The Morgan fingerprint density at radius 3 is 2.64 bits per heavy atom. The quantitative estimate of drug-likeness (QED) is 0.574. The minimum Gasteiger partial charge on any atom is -0.472 e. The fourth-order valence-corrected chi connectivity index (χ4v) is 5.79. The number of nitrogens with one attached hydrogen (secondary N) is 1. The van der Waals surface area contributed by atoms with E-state index >= 15 is 0 Å². The molecule has 3 saturated heterocycles. The molecule has 0 spiro atoms. The predicted octanol–water partition coefficient (Wildman–Crippen LogP) is 3.64. The molecule has 4 atom stereocenters. The molecule has 2 N–H and O–H groups in total. The number of halogens is 1. The Balaban J connectivity index is 1.06. The predicted molar refractivity (Wildman–Crippen MR) is 146 cm³/mol. The molecule has 3 fully saturated rings. The minimum atomic E-state index is -0.621. The largest absolute Gasteiger partial charge is 0.472 e. The van der Waals surface area contributed by atoms with Crippen molar-refractivity contribution in [3.63, 3.8) is 0 Å². The number of aliphatic hydroxyl groups excluding tert-OH is 1. The third kappa shape index (κ3) is 5.56. The number of aromatic nitrogens is 1. The maximum absolute atomic E-state index is 11.9. The van der Waals surface area contributed by atoms with Crippen molar-refractivity contribution in [2.75, 3.05) is 31.2 Å². The first kappa shape index (κ1) is 26.3. The highest BCUT2D eigenvalue weighted by molar-refractivity contribution is 6.33. The van der Waals surface area contributed by atoms with E-state index in [0.717, 1.165) is 42.9 Å². The van der Waals surface area contributed by atoms with E-state index in [9.17, 15) is 9.90 Å². The summed E-state index contributed by atoms with van der Waals surface area (Å²) in [6.07, 6.45) is 0.0518. The Kier molecular flexibility index (Phi) is 7.37. The summed E-state index contributed by atoms with van der Waals surface area (Å²) in [7, 11) is 0. The van der Waals surface area contributed by atoms with Crippen molar-refractivity contribution in [1.29, 1.82) is 0 Å². The summed E-state index contributed by atoms with van der Waals surface area (Å²) >= 11 is 6.63. The SMILES string of the molecule is CC(C)NC(=O)OC1CCN(c2ccc(-c3nc4c(cc3Cl)N=C(O[C@@H]3CO[C@H]5[C@@H]3OC[C@H]5O)C4)cc2)CC1. The van der Waals surface area contributed by atoms with E-state index in [1.807, 2.05) is 32.0 Å². The molecule has 1 aromatic carbocycles. The molecule has 0 aliphatic carbocycles. The number of pyridine rings is 1. The zero-order chi connectivity index (χ0) is 27.1. The van der Waals surface area contributed by atoms with Crippen LogP contribution < -0.4 is 10.2 Å². The van der Waals surface area contributed by atoms with Gasteiger partial charge in [0.05, 0.1) is 41.7 Å². The highest BCUT2D eigenvalue weighted by Gasteiger charge is 2.49. The molecule has 5 heterocycles. The lowest BCUT2D eigenvalue weighted by Gasteiger charge is -2.33. The lowest BCUT2D eigenvalue weighted by atomic mass is 10.1. The van der Waals surface area contributed by atoms with Crippen molar-refractivity contribution in [3.05, 3.63) is 41.0 Å². The van der Waals surface area contributed by atoms with E-state index in [0.29, 0.717) is 35.3 Å². The molecule has 0 unspecified atom stereocenters. The number of carbonyl (C=O) groups is 1. The van der Waals surface area contributed by atoms with E-state index in [4.69, 9.17) is 35.5 Å². The third-order valence-corrected chi connectivity index (χ3v) is 7.78. The molecular formula is C28H33ClN4O6. The number of hydrogen-bond donors (Lipinski definition) is 2. The van der Waals surface area contributed by atoms with Crippen LogP contribution >= 0.6 is 11.6 Å². The average molecular weight is 557 g/mol. The Hall–Kier alpha value is -2.92. The van der Waals surface area contributed by atoms with Crippen LogP contribution in [0.25, 0.3) is 11.3 Å². The lowest BCUT2D eigenvalue weighted by molar-refractivity contribution is 0.00558. The van der Waals surface area contributed by atoms with Crippen LogP contribution in [0.5, 0.6) is 0 Å². The maximum Gasteiger partial charge on any atom is 0.407 e. The van der Waals surface area contributed by atoms with Gasteiger partial charge in [-0.15, -0.1) is 0 Å². The topological polar surface area (TPSA) is 115 Å². The van der Waals surface area contributed by atoms with Crippen LogP contribution in [-0.4, -0.2) is 84.9 Å². The van der Waals surface area contributed by atoms with Crippen LogP contribution in [0, 0.1) is 0 Å². The van der Waals surface area contributed by atoms with Gasteiger partial charge in [0.2, 0.25) is 0 Å². The number of aliphatic imine (C=N–C) groups is 1. The van der Waals surface area contributed by atoms with Crippen LogP contribution in [-0.2, 0) is 25.4 Å². The number of ether oxygens (including phenoxy) is 4. The summed E-state index contributed by atoms with van der Waals surface area (Å²) in [5.74, 6) is 0.550. The van der Waals surface area contributed by atoms with Crippen LogP contribution in [0.15, 0.2) is 35.3 Å². The number of carbonyl (C=O) groups excluding carboxylic acids is 1. The van der Waals surface area contributed by atoms with Crippen LogP contribution in [0.2, 0.25) is 5.02 Å². The number of nitrogens with zero attached hydrogens (tertiary/aromatic N) is 3. The first-order valence-electron chi connectivity index (χ1n) is 13.5. The Morgan fingerprint density at radius 2 is 1.90 bits per heavy atom. The van der Waals surface area contributed by atoms with E-state index in [1.54, 1.807) is 0 Å². The second-order valence-corrected chi connectivity index (χ2v) is 11.1. The molecule has 208 valence electrons. The van der Waals surface area contributed by atoms with Gasteiger partial charge >= 0.3 is 6.09 Å². The molecule has 6 rings (SSSR count). The van der Waals surface area contributed by atoms with Gasteiger partial charge in [-0.05, 0) is 32.0 Å². The Bertz CT molecular complexity index is 1250. The summed E-state index contributed by atoms with van der Waals surface area (Å²) in [4.78, 5) is 23.6. The zero-order valence-electron chi connectivity index (χ0n) is 22.0. The van der Waals surface area contributed by atoms with Crippen molar-refractivity contribution >= 4 is 35.0 Å². The molecule has 39 heavy (non-hydrogen) atoms. The first-order chi connectivity index (χ1) is 18.8. The van der Waals surface area contributed by atoms with Crippen LogP contribution in [0.4, 0.5) is 16.2 Å².